The Morgan fingerprint density at radius 3 is 2.52 bits per heavy atom. The van der Waals surface area contributed by atoms with Crippen molar-refractivity contribution in [1.29, 1.82) is 0 Å². The SMILES string of the molecule is O=C(Nc1ccccc1C(=O)NCc1ccco1)c1ccc(-n2cncn2)cc1. The Labute approximate surface area is 166 Å². The van der Waals surface area contributed by atoms with E-state index in [1.54, 1.807) is 77.9 Å². The number of hydrogen-bond acceptors (Lipinski definition) is 5. The van der Waals surface area contributed by atoms with Crippen LogP contribution in [0.1, 0.15) is 26.5 Å². The van der Waals surface area contributed by atoms with Crippen molar-refractivity contribution in [2.24, 2.45) is 0 Å². The van der Waals surface area contributed by atoms with Gasteiger partial charge in [-0.25, -0.2) is 9.67 Å². The third-order valence-electron chi connectivity index (χ3n) is 4.24. The first-order chi connectivity index (χ1) is 14.2. The van der Waals surface area contributed by atoms with E-state index in [4.69, 9.17) is 4.42 Å². The number of nitrogens with one attached hydrogen (secondary N) is 2. The number of para-hydroxylation sites is 1. The van der Waals surface area contributed by atoms with E-state index in [1.165, 1.54) is 6.33 Å². The normalized spacial score (nSPS) is 10.5. The van der Waals surface area contributed by atoms with E-state index in [0.717, 1.165) is 5.69 Å². The lowest BCUT2D eigenvalue weighted by molar-refractivity contribution is 0.0949. The van der Waals surface area contributed by atoms with Crippen molar-refractivity contribution >= 4 is 17.5 Å². The van der Waals surface area contributed by atoms with Crippen molar-refractivity contribution < 1.29 is 14.0 Å². The maximum atomic E-state index is 12.6. The summed E-state index contributed by atoms with van der Waals surface area (Å²) in [7, 11) is 0. The van der Waals surface area contributed by atoms with Gasteiger partial charge >= 0.3 is 0 Å². The first-order valence-electron chi connectivity index (χ1n) is 8.87. The smallest absolute Gasteiger partial charge is 0.255 e. The number of carbonyl (C=O) groups is 2. The summed E-state index contributed by atoms with van der Waals surface area (Å²) in [6.45, 7) is 0.262. The average molecular weight is 387 g/mol. The number of benzene rings is 2. The Morgan fingerprint density at radius 1 is 0.966 bits per heavy atom. The minimum Gasteiger partial charge on any atom is -0.467 e. The number of amides is 2. The summed E-state index contributed by atoms with van der Waals surface area (Å²) >= 11 is 0. The fourth-order valence-corrected chi connectivity index (χ4v) is 2.77. The lowest BCUT2D eigenvalue weighted by Crippen LogP contribution is -2.24. The zero-order chi connectivity index (χ0) is 20.1. The summed E-state index contributed by atoms with van der Waals surface area (Å²) < 4.78 is 6.81. The minimum absolute atomic E-state index is 0.262. The molecular weight excluding hydrogens is 370 g/mol. The van der Waals surface area contributed by atoms with Crippen LogP contribution in [0, 0.1) is 0 Å². The van der Waals surface area contributed by atoms with Crippen LogP contribution in [0.15, 0.2) is 84.0 Å². The lowest BCUT2D eigenvalue weighted by Gasteiger charge is -2.11. The molecule has 0 fully saturated rings. The van der Waals surface area contributed by atoms with Gasteiger partial charge < -0.3 is 15.1 Å². The van der Waals surface area contributed by atoms with Gasteiger partial charge in [-0.1, -0.05) is 12.1 Å². The number of hydrogen-bond donors (Lipinski definition) is 2. The van der Waals surface area contributed by atoms with E-state index in [-0.39, 0.29) is 18.4 Å². The molecule has 0 aliphatic heterocycles. The molecule has 0 atom stereocenters. The molecule has 0 aliphatic rings. The molecule has 8 heteroatoms. The van der Waals surface area contributed by atoms with Crippen LogP contribution < -0.4 is 10.6 Å². The largest absolute Gasteiger partial charge is 0.467 e. The molecular formula is C21H17N5O3. The van der Waals surface area contributed by atoms with Gasteiger partial charge in [-0.3, -0.25) is 9.59 Å². The Balaban J connectivity index is 1.46. The second-order valence-corrected chi connectivity index (χ2v) is 6.15. The van der Waals surface area contributed by atoms with Crippen LogP contribution in [0.3, 0.4) is 0 Å². The Kier molecular flexibility index (Phi) is 5.15. The van der Waals surface area contributed by atoms with Crippen molar-refractivity contribution in [3.8, 4) is 5.69 Å². The molecule has 2 N–H and O–H groups in total. The summed E-state index contributed by atoms with van der Waals surface area (Å²) in [5.74, 6) is 0.0209. The van der Waals surface area contributed by atoms with Gasteiger partial charge in [-0.15, -0.1) is 0 Å². The third-order valence-corrected chi connectivity index (χ3v) is 4.24. The van der Waals surface area contributed by atoms with E-state index in [1.807, 2.05) is 0 Å². The summed E-state index contributed by atoms with van der Waals surface area (Å²) in [6, 6.07) is 17.3. The van der Waals surface area contributed by atoms with Crippen molar-refractivity contribution in [3.05, 3.63) is 96.5 Å². The maximum absolute atomic E-state index is 12.6. The van der Waals surface area contributed by atoms with Crippen molar-refractivity contribution in [1.82, 2.24) is 20.1 Å². The molecule has 8 nitrogen and oxygen atoms in total. The number of anilines is 1. The van der Waals surface area contributed by atoms with Gasteiger partial charge in [0.2, 0.25) is 0 Å². The number of rotatable bonds is 6. The van der Waals surface area contributed by atoms with Crippen LogP contribution in [0.4, 0.5) is 5.69 Å². The van der Waals surface area contributed by atoms with E-state index in [9.17, 15) is 9.59 Å². The second kappa shape index (κ2) is 8.22. The molecule has 2 heterocycles. The van der Waals surface area contributed by atoms with E-state index < -0.39 is 0 Å². The molecule has 0 aliphatic carbocycles. The predicted octanol–water partition coefficient (Wildman–Crippen LogP) is 3.04. The fourth-order valence-electron chi connectivity index (χ4n) is 2.77. The highest BCUT2D eigenvalue weighted by atomic mass is 16.3. The average Bonchev–Trinajstić information content (AvgIpc) is 3.47. The monoisotopic (exact) mass is 387 g/mol. The molecule has 0 saturated heterocycles. The van der Waals surface area contributed by atoms with Crippen molar-refractivity contribution in [2.75, 3.05) is 5.32 Å². The molecule has 0 radical (unpaired) electrons. The molecule has 0 saturated carbocycles. The molecule has 0 unspecified atom stereocenters. The highest BCUT2D eigenvalue weighted by Gasteiger charge is 2.14. The Hall–Kier alpha value is -4.20. The number of nitrogens with zero attached hydrogens (tertiary/aromatic N) is 3. The molecule has 0 bridgehead atoms. The number of aromatic nitrogens is 3. The van der Waals surface area contributed by atoms with Crippen molar-refractivity contribution in [2.45, 2.75) is 6.54 Å². The van der Waals surface area contributed by atoms with Crippen LogP contribution in [0.25, 0.3) is 5.69 Å². The standard InChI is InChI=1S/C21H17N5O3/c27-20(15-7-9-16(10-8-15)26-14-22-13-24-26)25-19-6-2-1-5-18(19)21(28)23-12-17-4-3-11-29-17/h1-11,13-14H,12H2,(H,23,28)(H,25,27). The molecule has 2 aromatic carbocycles. The molecule has 144 valence electrons. The predicted molar refractivity (Wildman–Crippen MR) is 106 cm³/mol. The van der Waals surface area contributed by atoms with Gasteiger partial charge in [-0.05, 0) is 48.5 Å². The first-order valence-corrected chi connectivity index (χ1v) is 8.87. The van der Waals surface area contributed by atoms with Gasteiger partial charge in [0.05, 0.1) is 29.7 Å². The molecule has 2 aromatic heterocycles. The van der Waals surface area contributed by atoms with Gasteiger partial charge in [0.25, 0.3) is 11.8 Å². The Bertz CT molecular complexity index is 1100. The van der Waals surface area contributed by atoms with Gasteiger partial charge in [0.1, 0.15) is 18.4 Å². The van der Waals surface area contributed by atoms with Gasteiger partial charge in [0, 0.05) is 5.56 Å². The molecule has 2 amide bonds. The third kappa shape index (κ3) is 4.22. The lowest BCUT2D eigenvalue weighted by atomic mass is 10.1. The van der Waals surface area contributed by atoms with Crippen LogP contribution in [-0.4, -0.2) is 26.6 Å². The molecule has 0 spiro atoms. The summed E-state index contributed by atoms with van der Waals surface area (Å²) in [5, 5.41) is 9.62. The maximum Gasteiger partial charge on any atom is 0.255 e. The van der Waals surface area contributed by atoms with Crippen LogP contribution in [0.2, 0.25) is 0 Å². The number of furan rings is 1. The quantitative estimate of drug-likeness (QED) is 0.529. The van der Waals surface area contributed by atoms with E-state index in [0.29, 0.717) is 22.6 Å². The van der Waals surface area contributed by atoms with Gasteiger partial charge in [-0.2, -0.15) is 5.10 Å². The van der Waals surface area contributed by atoms with Crippen molar-refractivity contribution in [3.63, 3.8) is 0 Å². The minimum atomic E-state index is -0.318. The first kappa shape index (κ1) is 18.2. The second-order valence-electron chi connectivity index (χ2n) is 6.15. The molecule has 29 heavy (non-hydrogen) atoms. The zero-order valence-electron chi connectivity index (χ0n) is 15.3. The van der Waals surface area contributed by atoms with Crippen LogP contribution >= 0.6 is 0 Å². The summed E-state index contributed by atoms with van der Waals surface area (Å²) in [5.41, 5.74) is 2.04. The van der Waals surface area contributed by atoms with Crippen LogP contribution in [0.5, 0.6) is 0 Å². The fraction of sp³-hybridized carbons (Fsp3) is 0.0476. The zero-order valence-corrected chi connectivity index (χ0v) is 15.3. The molecule has 4 aromatic rings. The number of carbonyl (C=O) groups excluding carboxylic acids is 2. The van der Waals surface area contributed by atoms with E-state index in [2.05, 4.69) is 20.7 Å². The summed E-state index contributed by atoms with van der Waals surface area (Å²) in [4.78, 5) is 29.1. The highest BCUT2D eigenvalue weighted by Crippen LogP contribution is 2.17. The topological polar surface area (TPSA) is 102 Å². The van der Waals surface area contributed by atoms with Crippen LogP contribution in [-0.2, 0) is 6.54 Å². The summed E-state index contributed by atoms with van der Waals surface area (Å²) in [6.07, 6.45) is 4.56. The van der Waals surface area contributed by atoms with E-state index >= 15 is 0 Å². The molecule has 4 rings (SSSR count). The highest BCUT2D eigenvalue weighted by molar-refractivity contribution is 6.09. The Morgan fingerprint density at radius 2 is 1.79 bits per heavy atom. The van der Waals surface area contributed by atoms with Gasteiger partial charge in [0.15, 0.2) is 0 Å².